The fourth-order valence-electron chi connectivity index (χ4n) is 12.1. The molecule has 0 bridgehead atoms. The van der Waals surface area contributed by atoms with Gasteiger partial charge in [0.15, 0.2) is 0 Å². The lowest BCUT2D eigenvalue weighted by Gasteiger charge is -2.34. The van der Waals surface area contributed by atoms with Crippen molar-refractivity contribution in [3.63, 3.8) is 0 Å². The van der Waals surface area contributed by atoms with E-state index in [0.29, 0.717) is 83.9 Å². The van der Waals surface area contributed by atoms with Gasteiger partial charge in [0.25, 0.3) is 23.6 Å². The van der Waals surface area contributed by atoms with E-state index in [-0.39, 0.29) is 63.0 Å². The van der Waals surface area contributed by atoms with E-state index in [1.165, 1.54) is 9.80 Å². The van der Waals surface area contributed by atoms with Crippen LogP contribution in [0.25, 0.3) is 43.1 Å². The van der Waals surface area contributed by atoms with Crippen LogP contribution < -0.4 is 28.7 Å². The van der Waals surface area contributed by atoms with Crippen molar-refractivity contribution >= 4 is 78.1 Å². The number of amides is 4. The van der Waals surface area contributed by atoms with Crippen molar-refractivity contribution in [2.24, 2.45) is 0 Å². The third-order valence-corrected chi connectivity index (χ3v) is 15.7. The minimum Gasteiger partial charge on any atom is -0.457 e. The van der Waals surface area contributed by atoms with Crippen LogP contribution in [0.2, 0.25) is 0 Å². The molecule has 0 atom stereocenters. The molecule has 4 amide bonds. The maximum atomic E-state index is 16.1. The highest BCUT2D eigenvalue weighted by Gasteiger charge is 2.44. The Morgan fingerprint density at radius 2 is 0.634 bits per heavy atom. The van der Waals surface area contributed by atoms with Gasteiger partial charge in [0.05, 0.1) is 33.6 Å². The molecule has 13 rings (SSSR count). The lowest BCUT2D eigenvalue weighted by molar-refractivity contribution is 0.0877. The third-order valence-electron chi connectivity index (χ3n) is 15.7. The van der Waals surface area contributed by atoms with E-state index < -0.39 is 23.6 Å². The van der Waals surface area contributed by atoms with Crippen LogP contribution in [0.4, 0.5) is 11.4 Å². The molecule has 11 aromatic rings. The number of imide groups is 2. The molecule has 0 saturated heterocycles. The van der Waals surface area contributed by atoms with Gasteiger partial charge in [-0.15, -0.1) is 6.58 Å². The summed E-state index contributed by atoms with van der Waals surface area (Å²) in [6.07, 6.45) is 2.16. The second-order valence-electron chi connectivity index (χ2n) is 21.8. The van der Waals surface area contributed by atoms with Crippen LogP contribution in [0, 0.1) is 0 Å². The Balaban J connectivity index is 1.25. The molecule has 10 nitrogen and oxygen atoms in total. The summed E-state index contributed by atoms with van der Waals surface area (Å²) in [5, 5.41) is 3.33. The average molecular weight is 1080 g/mol. The molecule has 10 heteroatoms. The molecule has 0 saturated carbocycles. The van der Waals surface area contributed by atoms with E-state index in [4.69, 9.17) is 18.9 Å². The van der Waals surface area contributed by atoms with E-state index in [1.54, 1.807) is 30.3 Å². The van der Waals surface area contributed by atoms with Gasteiger partial charge in [-0.1, -0.05) is 157 Å². The molecule has 0 N–H and O–H groups in total. The minimum atomic E-state index is -0.556. The predicted octanol–water partition coefficient (Wildman–Crippen LogP) is 18.6. The molecule has 0 radical (unpaired) electrons. The Kier molecular flexibility index (Phi) is 12.7. The summed E-state index contributed by atoms with van der Waals surface area (Å²) in [6.45, 7) is 16.3. The number of anilines is 2. The Morgan fingerprint density at radius 1 is 0.354 bits per heavy atom. The second kappa shape index (κ2) is 20.2. The van der Waals surface area contributed by atoms with Crippen LogP contribution in [-0.4, -0.2) is 23.6 Å². The SMILES string of the molecule is C=CCc1cccc(C(C)C)c1N1C(=O)c2cc(Oc3ccccc3)c3c4c(Oc5ccccc5)cc5c6c(cc(Oc7ccccc7)c(c7c(Oc8ccccc8)cc(c2c37)C1=O)c64)C(=O)N(c1c(C(C)C)cccc1C(C)C)C5=O. The molecule has 2 heterocycles. The summed E-state index contributed by atoms with van der Waals surface area (Å²) in [5.41, 5.74) is 5.11. The zero-order valence-corrected chi connectivity index (χ0v) is 46.2. The van der Waals surface area contributed by atoms with E-state index in [1.807, 2.05) is 172 Å². The lowest BCUT2D eigenvalue weighted by atomic mass is 9.80. The van der Waals surface area contributed by atoms with E-state index >= 15 is 19.2 Å². The highest BCUT2D eigenvalue weighted by atomic mass is 16.5. The lowest BCUT2D eigenvalue weighted by Crippen LogP contribution is -2.42. The van der Waals surface area contributed by atoms with Crippen LogP contribution in [-0.2, 0) is 6.42 Å². The number of nitrogens with zero attached hydrogens (tertiary/aromatic N) is 2. The largest absolute Gasteiger partial charge is 0.457 e. The topological polar surface area (TPSA) is 112 Å². The first-order valence-electron chi connectivity index (χ1n) is 27.7. The zero-order valence-electron chi connectivity index (χ0n) is 46.2. The van der Waals surface area contributed by atoms with Gasteiger partial charge in [-0.25, -0.2) is 9.80 Å². The van der Waals surface area contributed by atoms with Gasteiger partial charge in [-0.2, -0.15) is 0 Å². The number of benzene rings is 11. The monoisotopic (exact) mass is 1080 g/mol. The summed E-state index contributed by atoms with van der Waals surface area (Å²) >= 11 is 0. The summed E-state index contributed by atoms with van der Waals surface area (Å²) < 4.78 is 28.5. The number of hydrogen-bond donors (Lipinski definition) is 0. The summed E-state index contributed by atoms with van der Waals surface area (Å²) in [6, 6.07) is 55.7. The molecule has 11 aromatic carbocycles. The molecule has 402 valence electrons. The van der Waals surface area contributed by atoms with E-state index in [0.717, 1.165) is 22.3 Å². The zero-order chi connectivity index (χ0) is 56.7. The van der Waals surface area contributed by atoms with Crippen LogP contribution in [0.1, 0.15) is 123 Å². The van der Waals surface area contributed by atoms with Crippen molar-refractivity contribution in [2.75, 3.05) is 9.80 Å². The second-order valence-corrected chi connectivity index (χ2v) is 21.8. The van der Waals surface area contributed by atoms with Crippen LogP contribution >= 0.6 is 0 Å². The number of allylic oxidation sites excluding steroid dienone is 1. The number of ether oxygens (including phenoxy) is 4. The molecule has 82 heavy (non-hydrogen) atoms. The van der Waals surface area contributed by atoms with Crippen LogP contribution in [0.3, 0.4) is 0 Å². The van der Waals surface area contributed by atoms with Gasteiger partial charge in [-0.05, 0) is 119 Å². The molecule has 0 unspecified atom stereocenters. The van der Waals surface area contributed by atoms with E-state index in [9.17, 15) is 0 Å². The quantitative estimate of drug-likeness (QED) is 0.0432. The van der Waals surface area contributed by atoms with Crippen molar-refractivity contribution in [3.05, 3.63) is 239 Å². The summed E-state index contributed by atoms with van der Waals surface area (Å²) in [5.74, 6) is 0.399. The van der Waals surface area contributed by atoms with Crippen molar-refractivity contribution in [2.45, 2.75) is 65.7 Å². The van der Waals surface area contributed by atoms with Gasteiger partial charge >= 0.3 is 0 Å². The third kappa shape index (κ3) is 8.23. The first kappa shape index (κ1) is 51.4. The van der Waals surface area contributed by atoms with Crippen molar-refractivity contribution < 1.29 is 38.1 Å². The number of hydrogen-bond acceptors (Lipinski definition) is 8. The minimum absolute atomic E-state index is 0.0605. The maximum Gasteiger partial charge on any atom is 0.266 e. The van der Waals surface area contributed by atoms with Gasteiger partial charge in [-0.3, -0.25) is 19.2 Å². The molecular weight excluding hydrogens is 1020 g/mol. The van der Waals surface area contributed by atoms with Crippen LogP contribution in [0.15, 0.2) is 195 Å². The van der Waals surface area contributed by atoms with E-state index in [2.05, 4.69) is 34.3 Å². The predicted molar refractivity (Wildman–Crippen MR) is 325 cm³/mol. The fourth-order valence-corrected chi connectivity index (χ4v) is 12.1. The highest BCUT2D eigenvalue weighted by molar-refractivity contribution is 6.48. The Hall–Kier alpha value is -10.1. The smallest absolute Gasteiger partial charge is 0.266 e. The first-order valence-corrected chi connectivity index (χ1v) is 27.7. The van der Waals surface area contributed by atoms with Gasteiger partial charge in [0.1, 0.15) is 46.0 Å². The average Bonchev–Trinajstić information content (AvgIpc) is 1.41. The molecule has 0 fully saturated rings. The standard InChI is InChI=1S/C72H56N2O8/c1-8-23-43-24-21-33-48(40(2)3)67(43)73-69(75)51-36-55(79-44-25-13-9-14-26-44)61-63-57(81-46-29-17-11-18-30-46)38-53-60-54(72(78)74(71(53)77)68-49(41(4)5)34-22-35-50(68)42(6)7)39-58(82-47-31-19-12-20-32-47)64(66(60)63)62-56(80-45-27-15-10-16-28-45)37-52(70(73)76)59(51)65(61)62/h8-22,24-42H,1,23H2,2-7H3. The van der Waals surface area contributed by atoms with Gasteiger partial charge in [0, 0.05) is 43.1 Å². The Bertz CT molecular complexity index is 4200. The summed E-state index contributed by atoms with van der Waals surface area (Å²) in [7, 11) is 0. The Morgan fingerprint density at radius 3 is 0.927 bits per heavy atom. The highest BCUT2D eigenvalue weighted by Crippen LogP contribution is 2.59. The van der Waals surface area contributed by atoms with Crippen LogP contribution in [0.5, 0.6) is 46.0 Å². The molecule has 0 aromatic heterocycles. The van der Waals surface area contributed by atoms with Gasteiger partial charge < -0.3 is 18.9 Å². The molecule has 0 aliphatic carbocycles. The number of para-hydroxylation sites is 6. The van der Waals surface area contributed by atoms with Crippen molar-refractivity contribution in [1.82, 2.24) is 0 Å². The molecular formula is C72H56N2O8. The van der Waals surface area contributed by atoms with Gasteiger partial charge in [0.2, 0.25) is 0 Å². The van der Waals surface area contributed by atoms with Crippen molar-refractivity contribution in [3.8, 4) is 46.0 Å². The number of carbonyl (C=O) groups excluding carboxylic acids is 4. The number of fused-ring (bicyclic) bond motifs is 2. The summed E-state index contributed by atoms with van der Waals surface area (Å²) in [4.78, 5) is 66.9. The molecule has 2 aliphatic rings. The number of carbonyl (C=O) groups is 4. The maximum absolute atomic E-state index is 16.1. The fraction of sp³-hybridized carbons (Fsp3) is 0.139. The molecule has 2 aliphatic heterocycles. The first-order chi connectivity index (χ1) is 39.8. The normalized spacial score (nSPS) is 13.2. The molecule has 0 spiro atoms. The van der Waals surface area contributed by atoms with Crippen molar-refractivity contribution in [1.29, 1.82) is 0 Å². The number of rotatable bonds is 15. The Labute approximate surface area is 474 Å².